The number of hydrogen-bond acceptors (Lipinski definition) is 2. The molecule has 0 aliphatic rings. The maximum atomic E-state index is 5.69. The largest absolute Gasteiger partial charge is 0.389 e. The summed E-state index contributed by atoms with van der Waals surface area (Å²) in [5.41, 5.74) is 7.83. The lowest BCUT2D eigenvalue weighted by molar-refractivity contribution is 0.595. The molecule has 0 radical (unpaired) electrons. The van der Waals surface area contributed by atoms with Gasteiger partial charge in [-0.2, -0.15) is 0 Å². The fourth-order valence-electron chi connectivity index (χ4n) is 2.04. The van der Waals surface area contributed by atoms with Gasteiger partial charge in [-0.3, -0.25) is 0 Å². The highest BCUT2D eigenvalue weighted by atomic mass is 79.9. The van der Waals surface area contributed by atoms with Crippen LogP contribution in [0.2, 0.25) is 0 Å². The molecular formula is C15H23BrN2S. The number of rotatable bonds is 7. The topological polar surface area (TPSA) is 29.3 Å². The average Bonchev–Trinajstić information content (AvgIpc) is 2.38. The molecule has 0 bridgehead atoms. The van der Waals surface area contributed by atoms with Gasteiger partial charge in [0.05, 0.1) is 0 Å². The van der Waals surface area contributed by atoms with Crippen molar-refractivity contribution in [1.82, 2.24) is 0 Å². The second-order valence-electron chi connectivity index (χ2n) is 4.83. The Morgan fingerprint density at radius 1 is 1.42 bits per heavy atom. The number of nitrogens with zero attached hydrogens (tertiary/aromatic N) is 1. The Balaban J connectivity index is 3.02. The van der Waals surface area contributed by atoms with Crippen LogP contribution >= 0.6 is 28.1 Å². The van der Waals surface area contributed by atoms with Crippen LogP contribution in [0.25, 0.3) is 0 Å². The van der Waals surface area contributed by atoms with Crippen LogP contribution in [0.4, 0.5) is 5.69 Å². The van der Waals surface area contributed by atoms with Gasteiger partial charge >= 0.3 is 0 Å². The van der Waals surface area contributed by atoms with Gasteiger partial charge in [0.25, 0.3) is 0 Å². The number of benzene rings is 1. The van der Waals surface area contributed by atoms with Crippen molar-refractivity contribution in [3.63, 3.8) is 0 Å². The van der Waals surface area contributed by atoms with E-state index in [1.165, 1.54) is 18.5 Å². The second-order valence-corrected chi connectivity index (χ2v) is 6.13. The Kier molecular flexibility index (Phi) is 6.80. The molecule has 0 aromatic heterocycles. The van der Waals surface area contributed by atoms with Crippen LogP contribution in [0.1, 0.15) is 45.6 Å². The zero-order chi connectivity index (χ0) is 14.4. The van der Waals surface area contributed by atoms with E-state index in [0.717, 1.165) is 23.0 Å². The number of thiocarbonyl (C=S) groups is 1. The number of unbranched alkanes of at least 4 members (excludes halogenated alkanes) is 1. The molecule has 1 aromatic rings. The van der Waals surface area contributed by atoms with E-state index in [4.69, 9.17) is 18.0 Å². The van der Waals surface area contributed by atoms with Crippen molar-refractivity contribution in [2.24, 2.45) is 5.73 Å². The van der Waals surface area contributed by atoms with Gasteiger partial charge in [-0.05, 0) is 53.9 Å². The molecule has 2 N–H and O–H groups in total. The van der Waals surface area contributed by atoms with E-state index in [1.807, 2.05) is 6.07 Å². The molecule has 0 aliphatic carbocycles. The summed E-state index contributed by atoms with van der Waals surface area (Å²) in [6.45, 7) is 7.80. The molecule has 19 heavy (non-hydrogen) atoms. The van der Waals surface area contributed by atoms with E-state index >= 15 is 0 Å². The van der Waals surface area contributed by atoms with Crippen molar-refractivity contribution < 1.29 is 0 Å². The van der Waals surface area contributed by atoms with Gasteiger partial charge in [-0.15, -0.1) is 0 Å². The van der Waals surface area contributed by atoms with E-state index in [0.29, 0.717) is 11.0 Å². The minimum Gasteiger partial charge on any atom is -0.389 e. The average molecular weight is 343 g/mol. The predicted octanol–water partition coefficient (Wildman–Crippen LogP) is 4.49. The Bertz CT molecular complexity index is 434. The quantitative estimate of drug-likeness (QED) is 0.740. The molecule has 0 fully saturated rings. The first-order chi connectivity index (χ1) is 9.01. The zero-order valence-electron chi connectivity index (χ0n) is 11.9. The normalized spacial score (nSPS) is 12.2. The van der Waals surface area contributed by atoms with Crippen molar-refractivity contribution in [2.45, 2.75) is 46.1 Å². The van der Waals surface area contributed by atoms with Crippen LogP contribution in [0.5, 0.6) is 0 Å². The fourth-order valence-corrected chi connectivity index (χ4v) is 2.92. The third kappa shape index (κ3) is 4.46. The van der Waals surface area contributed by atoms with Gasteiger partial charge in [0, 0.05) is 28.3 Å². The maximum Gasteiger partial charge on any atom is 0.105 e. The molecule has 0 saturated carbocycles. The molecule has 1 unspecified atom stereocenters. The molecule has 1 rings (SSSR count). The van der Waals surface area contributed by atoms with Crippen LogP contribution in [0, 0.1) is 0 Å². The highest BCUT2D eigenvalue weighted by Gasteiger charge is 2.14. The van der Waals surface area contributed by atoms with Crippen molar-refractivity contribution in [3.05, 3.63) is 28.2 Å². The first-order valence-electron chi connectivity index (χ1n) is 6.87. The van der Waals surface area contributed by atoms with Crippen LogP contribution in [0.3, 0.4) is 0 Å². The van der Waals surface area contributed by atoms with Gasteiger partial charge in [-0.1, -0.05) is 32.5 Å². The van der Waals surface area contributed by atoms with E-state index in [-0.39, 0.29) is 0 Å². The van der Waals surface area contributed by atoms with E-state index in [2.05, 4.69) is 53.7 Å². The third-order valence-electron chi connectivity index (χ3n) is 3.43. The smallest absolute Gasteiger partial charge is 0.105 e. The van der Waals surface area contributed by atoms with Crippen LogP contribution in [0.15, 0.2) is 22.7 Å². The molecule has 0 saturated heterocycles. The van der Waals surface area contributed by atoms with E-state index in [1.54, 1.807) is 0 Å². The van der Waals surface area contributed by atoms with Gasteiger partial charge in [0.1, 0.15) is 4.99 Å². The van der Waals surface area contributed by atoms with Crippen molar-refractivity contribution in [3.8, 4) is 0 Å². The Morgan fingerprint density at radius 2 is 2.11 bits per heavy atom. The Labute approximate surface area is 130 Å². The lowest BCUT2D eigenvalue weighted by Crippen LogP contribution is -2.33. The highest BCUT2D eigenvalue weighted by molar-refractivity contribution is 9.10. The minimum absolute atomic E-state index is 0.432. The van der Waals surface area contributed by atoms with Crippen LogP contribution in [-0.4, -0.2) is 17.6 Å². The summed E-state index contributed by atoms with van der Waals surface area (Å²) in [4.78, 5) is 2.89. The molecule has 0 amide bonds. The molecule has 0 heterocycles. The fraction of sp³-hybridized carbons (Fsp3) is 0.533. The first-order valence-corrected chi connectivity index (χ1v) is 8.07. The lowest BCUT2D eigenvalue weighted by Gasteiger charge is -2.31. The Hall–Kier alpha value is -0.610. The molecule has 106 valence electrons. The van der Waals surface area contributed by atoms with Crippen molar-refractivity contribution >= 4 is 38.8 Å². The van der Waals surface area contributed by atoms with Gasteiger partial charge in [-0.25, -0.2) is 0 Å². The summed E-state index contributed by atoms with van der Waals surface area (Å²) in [5, 5.41) is 0. The molecule has 1 aromatic carbocycles. The number of halogens is 1. The molecule has 1 atom stereocenters. The van der Waals surface area contributed by atoms with Crippen LogP contribution < -0.4 is 10.6 Å². The number of hydrogen-bond donors (Lipinski definition) is 1. The summed E-state index contributed by atoms with van der Waals surface area (Å²) in [7, 11) is 0. The molecule has 4 heteroatoms. The summed E-state index contributed by atoms with van der Waals surface area (Å²) >= 11 is 8.60. The molecule has 0 aliphatic heterocycles. The zero-order valence-corrected chi connectivity index (χ0v) is 14.4. The summed E-state index contributed by atoms with van der Waals surface area (Å²) in [6.07, 6.45) is 3.55. The second kappa shape index (κ2) is 7.85. The monoisotopic (exact) mass is 342 g/mol. The predicted molar refractivity (Wildman–Crippen MR) is 92.0 cm³/mol. The number of nitrogens with two attached hydrogens (primary N) is 1. The van der Waals surface area contributed by atoms with Crippen LogP contribution in [-0.2, 0) is 0 Å². The van der Waals surface area contributed by atoms with Crippen molar-refractivity contribution in [2.75, 3.05) is 11.4 Å². The summed E-state index contributed by atoms with van der Waals surface area (Å²) < 4.78 is 0.974. The molecule has 2 nitrogen and oxygen atoms in total. The SMILES string of the molecule is CCCCN(c1ccc(C(N)=S)c(Br)c1)C(C)CC. The first kappa shape index (κ1) is 16.4. The minimum atomic E-state index is 0.432. The highest BCUT2D eigenvalue weighted by Crippen LogP contribution is 2.26. The summed E-state index contributed by atoms with van der Waals surface area (Å²) in [6, 6.07) is 6.77. The van der Waals surface area contributed by atoms with Gasteiger partial charge in [0.15, 0.2) is 0 Å². The third-order valence-corrected chi connectivity index (χ3v) is 4.30. The maximum absolute atomic E-state index is 5.69. The standard InChI is InChI=1S/C15H23BrN2S/c1-4-6-9-18(11(3)5-2)12-7-8-13(15(17)19)14(16)10-12/h7-8,10-11H,4-6,9H2,1-3H3,(H2,17,19). The number of anilines is 1. The Morgan fingerprint density at radius 3 is 2.58 bits per heavy atom. The van der Waals surface area contributed by atoms with Crippen molar-refractivity contribution in [1.29, 1.82) is 0 Å². The van der Waals surface area contributed by atoms with Gasteiger partial charge < -0.3 is 10.6 Å². The molecule has 0 spiro atoms. The van der Waals surface area contributed by atoms with E-state index in [9.17, 15) is 0 Å². The van der Waals surface area contributed by atoms with E-state index < -0.39 is 0 Å². The lowest BCUT2D eigenvalue weighted by atomic mass is 10.1. The van der Waals surface area contributed by atoms with Gasteiger partial charge in [0.2, 0.25) is 0 Å². The summed E-state index contributed by atoms with van der Waals surface area (Å²) in [5.74, 6) is 0. The molecular weight excluding hydrogens is 320 g/mol.